The summed E-state index contributed by atoms with van der Waals surface area (Å²) in [4.78, 5) is 0. The first-order valence-corrected chi connectivity index (χ1v) is 10.6. The predicted octanol–water partition coefficient (Wildman–Crippen LogP) is 7.92. The zero-order valence-electron chi connectivity index (χ0n) is 15.4. The van der Waals surface area contributed by atoms with Crippen molar-refractivity contribution >= 4 is 11.6 Å². The van der Waals surface area contributed by atoms with Crippen LogP contribution in [-0.2, 0) is 0 Å². The number of benzene rings is 1. The van der Waals surface area contributed by atoms with Crippen LogP contribution in [0.3, 0.4) is 0 Å². The van der Waals surface area contributed by atoms with Gasteiger partial charge in [0, 0.05) is 0 Å². The second-order valence-corrected chi connectivity index (χ2v) is 8.69. The maximum atomic E-state index is 13.7. The van der Waals surface area contributed by atoms with E-state index < -0.39 is 0 Å². The Morgan fingerprint density at radius 1 is 1.00 bits per heavy atom. The van der Waals surface area contributed by atoms with E-state index >= 15 is 0 Å². The van der Waals surface area contributed by atoms with Crippen molar-refractivity contribution in [2.24, 2.45) is 17.8 Å². The van der Waals surface area contributed by atoms with E-state index in [1.165, 1.54) is 70.6 Å². The molecule has 2 fully saturated rings. The van der Waals surface area contributed by atoms with E-state index in [4.69, 9.17) is 11.6 Å². The second-order valence-electron chi connectivity index (χ2n) is 8.29. The van der Waals surface area contributed by atoms with Gasteiger partial charge in [0.1, 0.15) is 5.82 Å². The van der Waals surface area contributed by atoms with Crippen LogP contribution in [-0.4, -0.2) is 0 Å². The van der Waals surface area contributed by atoms with E-state index in [9.17, 15) is 4.39 Å². The molecule has 0 saturated heterocycles. The Morgan fingerprint density at radius 2 is 1.64 bits per heavy atom. The number of unbranched alkanes of at least 4 members (excludes halogenated alkanes) is 1. The number of rotatable bonds is 6. The lowest BCUT2D eigenvalue weighted by molar-refractivity contribution is 0.156. The number of hydrogen-bond donors (Lipinski definition) is 0. The third kappa shape index (κ3) is 5.09. The molecule has 2 saturated carbocycles. The van der Waals surface area contributed by atoms with Crippen LogP contribution in [0, 0.1) is 23.6 Å². The normalized spacial score (nSPS) is 30.2. The number of halogens is 2. The Labute approximate surface area is 157 Å². The maximum absolute atomic E-state index is 13.7. The first-order valence-electron chi connectivity index (χ1n) is 10.2. The van der Waals surface area contributed by atoms with Crippen molar-refractivity contribution in [2.75, 3.05) is 0 Å². The summed E-state index contributed by atoms with van der Waals surface area (Å²) in [5.41, 5.74) is 1.14. The van der Waals surface area contributed by atoms with Crippen molar-refractivity contribution in [3.8, 4) is 0 Å². The summed E-state index contributed by atoms with van der Waals surface area (Å²) in [6.07, 6.45) is 16.8. The van der Waals surface area contributed by atoms with Gasteiger partial charge in [-0.1, -0.05) is 43.0 Å². The summed E-state index contributed by atoms with van der Waals surface area (Å²) in [5, 5.41) is 0.238. The third-order valence-corrected chi connectivity index (χ3v) is 7.07. The summed E-state index contributed by atoms with van der Waals surface area (Å²) < 4.78 is 13.7. The quantitative estimate of drug-likeness (QED) is 0.356. The van der Waals surface area contributed by atoms with Crippen LogP contribution in [0.4, 0.5) is 4.39 Å². The Hall–Kier alpha value is -0.820. The Morgan fingerprint density at radius 3 is 2.24 bits per heavy atom. The first-order chi connectivity index (χ1) is 12.2. The van der Waals surface area contributed by atoms with Gasteiger partial charge in [0.2, 0.25) is 0 Å². The first kappa shape index (κ1) is 19.0. The van der Waals surface area contributed by atoms with Gasteiger partial charge in [-0.05, 0) is 92.7 Å². The molecule has 0 atom stereocenters. The number of allylic oxidation sites excluding steroid dienone is 1. The van der Waals surface area contributed by atoms with Crippen molar-refractivity contribution in [1.29, 1.82) is 0 Å². The molecule has 2 aliphatic carbocycles. The Bertz CT molecular complexity index is 551. The monoisotopic (exact) mass is 362 g/mol. The van der Waals surface area contributed by atoms with Crippen LogP contribution in [0.2, 0.25) is 5.02 Å². The molecule has 0 radical (unpaired) electrons. The van der Waals surface area contributed by atoms with Crippen LogP contribution in [0.25, 0.3) is 0 Å². The standard InChI is InChI=1S/C23H32ClF/c1-2-3-4-5-17-6-8-18(9-7-17)19-10-12-20(13-11-19)21-14-15-22(24)23(25)16-21/h2,14-20H,1,3-13H2. The summed E-state index contributed by atoms with van der Waals surface area (Å²) in [6.45, 7) is 3.83. The minimum atomic E-state index is -0.268. The largest absolute Gasteiger partial charge is 0.205 e. The summed E-state index contributed by atoms with van der Waals surface area (Å²) in [6, 6.07) is 5.39. The van der Waals surface area contributed by atoms with Crippen LogP contribution in [0.1, 0.15) is 82.1 Å². The van der Waals surface area contributed by atoms with Gasteiger partial charge < -0.3 is 0 Å². The molecule has 138 valence electrons. The zero-order chi connectivity index (χ0) is 17.6. The molecule has 0 nitrogen and oxygen atoms in total. The van der Waals surface area contributed by atoms with E-state index in [0.717, 1.165) is 23.3 Å². The van der Waals surface area contributed by atoms with Gasteiger partial charge >= 0.3 is 0 Å². The van der Waals surface area contributed by atoms with E-state index in [-0.39, 0.29) is 10.8 Å². The van der Waals surface area contributed by atoms with E-state index in [1.807, 2.05) is 6.07 Å². The lowest BCUT2D eigenvalue weighted by Gasteiger charge is -2.38. The highest BCUT2D eigenvalue weighted by molar-refractivity contribution is 6.30. The summed E-state index contributed by atoms with van der Waals surface area (Å²) in [7, 11) is 0. The SMILES string of the molecule is C=CCCCC1CCC(C2CCC(c3ccc(Cl)c(F)c3)CC2)CC1. The van der Waals surface area contributed by atoms with E-state index in [0.29, 0.717) is 5.92 Å². The average Bonchev–Trinajstić information content (AvgIpc) is 2.65. The van der Waals surface area contributed by atoms with Gasteiger partial charge in [0.05, 0.1) is 5.02 Å². The molecule has 1 aromatic carbocycles. The smallest absolute Gasteiger partial charge is 0.142 e. The van der Waals surface area contributed by atoms with Crippen molar-refractivity contribution in [2.45, 2.75) is 76.5 Å². The Kier molecular flexibility index (Phi) is 6.99. The fourth-order valence-corrected chi connectivity index (χ4v) is 5.31. The van der Waals surface area contributed by atoms with Crippen molar-refractivity contribution in [3.63, 3.8) is 0 Å². The molecule has 25 heavy (non-hydrogen) atoms. The molecule has 0 unspecified atom stereocenters. The molecular formula is C23H32ClF. The van der Waals surface area contributed by atoms with Gasteiger partial charge in [-0.25, -0.2) is 4.39 Å². The van der Waals surface area contributed by atoms with Crippen LogP contribution in [0.15, 0.2) is 30.9 Å². The molecule has 2 heteroatoms. The summed E-state index contributed by atoms with van der Waals surface area (Å²) >= 11 is 5.82. The summed E-state index contributed by atoms with van der Waals surface area (Å²) in [5.74, 6) is 3.07. The highest BCUT2D eigenvalue weighted by Crippen LogP contribution is 2.44. The molecule has 2 aliphatic rings. The molecular weight excluding hydrogens is 331 g/mol. The molecule has 3 rings (SSSR count). The predicted molar refractivity (Wildman–Crippen MR) is 106 cm³/mol. The van der Waals surface area contributed by atoms with Gasteiger partial charge in [-0.3, -0.25) is 0 Å². The molecule has 0 bridgehead atoms. The third-order valence-electron chi connectivity index (χ3n) is 6.77. The molecule has 0 aromatic heterocycles. The highest BCUT2D eigenvalue weighted by Gasteiger charge is 2.31. The molecule has 1 aromatic rings. The van der Waals surface area contributed by atoms with Gasteiger partial charge in [-0.15, -0.1) is 6.58 Å². The second kappa shape index (κ2) is 9.21. The molecule has 0 aliphatic heterocycles. The van der Waals surface area contributed by atoms with E-state index in [2.05, 4.69) is 12.7 Å². The minimum Gasteiger partial charge on any atom is -0.205 e. The fraction of sp³-hybridized carbons (Fsp3) is 0.652. The van der Waals surface area contributed by atoms with Gasteiger partial charge in [-0.2, -0.15) is 0 Å². The van der Waals surface area contributed by atoms with Crippen molar-refractivity contribution < 1.29 is 4.39 Å². The van der Waals surface area contributed by atoms with Crippen molar-refractivity contribution in [1.82, 2.24) is 0 Å². The lowest BCUT2D eigenvalue weighted by atomic mass is 9.68. The van der Waals surface area contributed by atoms with Crippen LogP contribution < -0.4 is 0 Å². The van der Waals surface area contributed by atoms with Gasteiger partial charge in [0.25, 0.3) is 0 Å². The zero-order valence-corrected chi connectivity index (χ0v) is 16.1. The average molecular weight is 363 g/mol. The van der Waals surface area contributed by atoms with Crippen LogP contribution in [0.5, 0.6) is 0 Å². The van der Waals surface area contributed by atoms with Gasteiger partial charge in [0.15, 0.2) is 0 Å². The minimum absolute atomic E-state index is 0.238. The highest BCUT2D eigenvalue weighted by atomic mass is 35.5. The molecule has 0 spiro atoms. The Balaban J connectivity index is 1.43. The topological polar surface area (TPSA) is 0 Å². The maximum Gasteiger partial charge on any atom is 0.142 e. The fourth-order valence-electron chi connectivity index (χ4n) is 5.19. The van der Waals surface area contributed by atoms with Crippen LogP contribution >= 0.6 is 11.6 Å². The lowest BCUT2D eigenvalue weighted by Crippen LogP contribution is -2.25. The van der Waals surface area contributed by atoms with E-state index in [1.54, 1.807) is 12.1 Å². The number of hydrogen-bond acceptors (Lipinski definition) is 0. The molecule has 0 heterocycles. The van der Waals surface area contributed by atoms with Crippen molar-refractivity contribution in [3.05, 3.63) is 47.3 Å². The molecule has 0 N–H and O–H groups in total. The molecule has 0 amide bonds.